The molecule has 4 nitrogen and oxygen atoms in total. The predicted octanol–water partition coefficient (Wildman–Crippen LogP) is 3.12. The minimum absolute atomic E-state index is 0.636. The van der Waals surface area contributed by atoms with E-state index in [0.717, 1.165) is 43.2 Å². The van der Waals surface area contributed by atoms with Crippen molar-refractivity contribution < 1.29 is 14.2 Å². The SMILES string of the molecule is CCOc1ccc(C=CCCNCCOC)cc1OCC. The van der Waals surface area contributed by atoms with Crippen molar-refractivity contribution in [3.8, 4) is 11.5 Å². The van der Waals surface area contributed by atoms with Crippen molar-refractivity contribution in [1.29, 1.82) is 0 Å². The van der Waals surface area contributed by atoms with Gasteiger partial charge in [0.25, 0.3) is 0 Å². The molecule has 0 aliphatic rings. The Balaban J connectivity index is 2.48. The highest BCUT2D eigenvalue weighted by Gasteiger charge is 2.04. The van der Waals surface area contributed by atoms with E-state index in [1.54, 1.807) is 7.11 Å². The summed E-state index contributed by atoms with van der Waals surface area (Å²) in [5, 5.41) is 3.31. The summed E-state index contributed by atoms with van der Waals surface area (Å²) in [6.07, 6.45) is 5.25. The van der Waals surface area contributed by atoms with E-state index in [2.05, 4.69) is 17.5 Å². The molecule has 0 bridgehead atoms. The van der Waals surface area contributed by atoms with E-state index >= 15 is 0 Å². The molecule has 0 atom stereocenters. The van der Waals surface area contributed by atoms with Crippen LogP contribution in [0.2, 0.25) is 0 Å². The molecule has 0 radical (unpaired) electrons. The number of benzene rings is 1. The molecule has 1 N–H and O–H groups in total. The fourth-order valence-electron chi connectivity index (χ4n) is 1.88. The van der Waals surface area contributed by atoms with Gasteiger partial charge in [-0.05, 0) is 44.5 Å². The van der Waals surface area contributed by atoms with Crippen LogP contribution in [0, 0.1) is 0 Å². The second-order valence-corrected chi connectivity index (χ2v) is 4.51. The topological polar surface area (TPSA) is 39.7 Å². The maximum Gasteiger partial charge on any atom is 0.161 e. The maximum absolute atomic E-state index is 5.62. The zero-order valence-electron chi connectivity index (χ0n) is 13.4. The van der Waals surface area contributed by atoms with Crippen LogP contribution >= 0.6 is 0 Å². The van der Waals surface area contributed by atoms with Gasteiger partial charge >= 0.3 is 0 Å². The average molecular weight is 293 g/mol. The summed E-state index contributed by atoms with van der Waals surface area (Å²) in [6, 6.07) is 6.02. The van der Waals surface area contributed by atoms with Crippen LogP contribution in [-0.2, 0) is 4.74 Å². The van der Waals surface area contributed by atoms with Crippen LogP contribution in [0.4, 0.5) is 0 Å². The molecule has 4 heteroatoms. The smallest absolute Gasteiger partial charge is 0.161 e. The lowest BCUT2D eigenvalue weighted by molar-refractivity contribution is 0.199. The van der Waals surface area contributed by atoms with E-state index in [1.165, 1.54) is 0 Å². The van der Waals surface area contributed by atoms with Gasteiger partial charge in [-0.2, -0.15) is 0 Å². The first-order valence-electron chi connectivity index (χ1n) is 7.57. The van der Waals surface area contributed by atoms with Crippen LogP contribution in [0.15, 0.2) is 24.3 Å². The van der Waals surface area contributed by atoms with Gasteiger partial charge in [0.2, 0.25) is 0 Å². The summed E-state index contributed by atoms with van der Waals surface area (Å²) < 4.78 is 16.1. The molecule has 0 aliphatic heterocycles. The molecule has 0 fully saturated rings. The van der Waals surface area contributed by atoms with Gasteiger partial charge < -0.3 is 19.5 Å². The predicted molar refractivity (Wildman–Crippen MR) is 87.2 cm³/mol. The summed E-state index contributed by atoms with van der Waals surface area (Å²) in [5.41, 5.74) is 1.12. The zero-order chi connectivity index (χ0) is 15.3. The molecular weight excluding hydrogens is 266 g/mol. The van der Waals surface area contributed by atoms with Crippen LogP contribution < -0.4 is 14.8 Å². The monoisotopic (exact) mass is 293 g/mol. The fraction of sp³-hybridized carbons (Fsp3) is 0.529. The van der Waals surface area contributed by atoms with Gasteiger partial charge in [-0.3, -0.25) is 0 Å². The highest BCUT2D eigenvalue weighted by molar-refractivity contribution is 5.55. The quantitative estimate of drug-likeness (QED) is 0.636. The summed E-state index contributed by atoms with van der Waals surface area (Å²) >= 11 is 0. The Morgan fingerprint density at radius 1 is 1.05 bits per heavy atom. The second kappa shape index (κ2) is 11.2. The molecular formula is C17H27NO3. The summed E-state index contributed by atoms with van der Waals surface area (Å²) in [6.45, 7) is 7.82. The first-order valence-corrected chi connectivity index (χ1v) is 7.57. The molecule has 0 spiro atoms. The van der Waals surface area contributed by atoms with Crippen molar-refractivity contribution >= 4 is 6.08 Å². The highest BCUT2D eigenvalue weighted by atomic mass is 16.5. The van der Waals surface area contributed by atoms with Gasteiger partial charge in [0, 0.05) is 13.7 Å². The van der Waals surface area contributed by atoms with Gasteiger partial charge in [-0.15, -0.1) is 0 Å². The van der Waals surface area contributed by atoms with E-state index in [4.69, 9.17) is 14.2 Å². The number of hydrogen-bond acceptors (Lipinski definition) is 4. The maximum atomic E-state index is 5.62. The standard InChI is InChI=1S/C17H27NO3/c1-4-20-16-10-9-15(14-17(16)21-5-2)8-6-7-11-18-12-13-19-3/h6,8-10,14,18H,4-5,7,11-13H2,1-3H3. The molecule has 0 heterocycles. The van der Waals surface area contributed by atoms with Gasteiger partial charge in [0.15, 0.2) is 11.5 Å². The normalized spacial score (nSPS) is 11.0. The second-order valence-electron chi connectivity index (χ2n) is 4.51. The number of hydrogen-bond donors (Lipinski definition) is 1. The number of nitrogens with one attached hydrogen (secondary N) is 1. The average Bonchev–Trinajstić information content (AvgIpc) is 2.49. The first-order chi connectivity index (χ1) is 10.3. The Morgan fingerprint density at radius 3 is 2.52 bits per heavy atom. The van der Waals surface area contributed by atoms with E-state index in [1.807, 2.05) is 32.0 Å². The van der Waals surface area contributed by atoms with Crippen molar-refractivity contribution in [3.63, 3.8) is 0 Å². The van der Waals surface area contributed by atoms with E-state index in [9.17, 15) is 0 Å². The van der Waals surface area contributed by atoms with E-state index in [-0.39, 0.29) is 0 Å². The molecule has 1 rings (SSSR count). The fourth-order valence-corrected chi connectivity index (χ4v) is 1.88. The molecule has 0 aromatic heterocycles. The minimum atomic E-state index is 0.636. The van der Waals surface area contributed by atoms with Crippen LogP contribution in [-0.4, -0.2) is 40.0 Å². The molecule has 118 valence electrons. The number of rotatable bonds is 11. The van der Waals surface area contributed by atoms with Gasteiger partial charge in [-0.1, -0.05) is 18.2 Å². The Bertz CT molecular complexity index is 418. The Hall–Kier alpha value is -1.52. The molecule has 0 saturated carbocycles. The van der Waals surface area contributed by atoms with Crippen molar-refractivity contribution in [2.45, 2.75) is 20.3 Å². The lowest BCUT2D eigenvalue weighted by Crippen LogP contribution is -2.19. The highest BCUT2D eigenvalue weighted by Crippen LogP contribution is 2.28. The first kappa shape index (κ1) is 17.5. The van der Waals surface area contributed by atoms with Crippen LogP contribution in [0.3, 0.4) is 0 Å². The van der Waals surface area contributed by atoms with Gasteiger partial charge in [-0.25, -0.2) is 0 Å². The molecule has 0 amide bonds. The third-order valence-corrected chi connectivity index (χ3v) is 2.85. The van der Waals surface area contributed by atoms with Gasteiger partial charge in [0.05, 0.1) is 19.8 Å². The lowest BCUT2D eigenvalue weighted by Gasteiger charge is -2.11. The van der Waals surface area contributed by atoms with Gasteiger partial charge in [0.1, 0.15) is 0 Å². The minimum Gasteiger partial charge on any atom is -0.490 e. The number of methoxy groups -OCH3 is 1. The zero-order valence-corrected chi connectivity index (χ0v) is 13.4. The Kier molecular flexibility index (Phi) is 9.33. The molecule has 0 saturated heterocycles. The van der Waals surface area contributed by atoms with E-state index < -0.39 is 0 Å². The van der Waals surface area contributed by atoms with Crippen molar-refractivity contribution in [3.05, 3.63) is 29.8 Å². The summed E-state index contributed by atoms with van der Waals surface area (Å²) in [5.74, 6) is 1.61. The van der Waals surface area contributed by atoms with Crippen LogP contribution in [0.1, 0.15) is 25.8 Å². The number of ether oxygens (including phenoxy) is 3. The van der Waals surface area contributed by atoms with Crippen LogP contribution in [0.5, 0.6) is 11.5 Å². The molecule has 0 aliphatic carbocycles. The Labute approximate surface area is 128 Å². The van der Waals surface area contributed by atoms with Crippen molar-refractivity contribution in [2.75, 3.05) is 40.0 Å². The molecule has 21 heavy (non-hydrogen) atoms. The van der Waals surface area contributed by atoms with Crippen molar-refractivity contribution in [2.24, 2.45) is 0 Å². The Morgan fingerprint density at radius 2 is 1.81 bits per heavy atom. The third kappa shape index (κ3) is 7.16. The van der Waals surface area contributed by atoms with Crippen LogP contribution in [0.25, 0.3) is 6.08 Å². The molecule has 0 unspecified atom stereocenters. The van der Waals surface area contributed by atoms with Crippen molar-refractivity contribution in [1.82, 2.24) is 5.32 Å². The molecule has 1 aromatic carbocycles. The van der Waals surface area contributed by atoms with E-state index in [0.29, 0.717) is 13.2 Å². The lowest BCUT2D eigenvalue weighted by atomic mass is 10.1. The largest absolute Gasteiger partial charge is 0.490 e. The molecule has 1 aromatic rings. The summed E-state index contributed by atoms with van der Waals surface area (Å²) in [7, 11) is 1.71. The third-order valence-electron chi connectivity index (χ3n) is 2.85. The summed E-state index contributed by atoms with van der Waals surface area (Å²) in [4.78, 5) is 0.